The van der Waals surface area contributed by atoms with E-state index in [1.165, 1.54) is 19.5 Å². The first kappa shape index (κ1) is 12.3. The molecule has 4 rings (SSSR count). The maximum atomic E-state index is 4.86. The molecule has 0 amide bonds. The van der Waals surface area contributed by atoms with E-state index in [4.69, 9.17) is 4.98 Å². The number of para-hydroxylation sites is 1. The summed E-state index contributed by atoms with van der Waals surface area (Å²) in [4.78, 5) is 7.59. The Balaban J connectivity index is 1.90. The van der Waals surface area contributed by atoms with Crippen LogP contribution in [-0.2, 0) is 0 Å². The number of thiazole rings is 1. The maximum Gasteiger partial charge on any atom is 0.107 e. The van der Waals surface area contributed by atoms with E-state index in [1.54, 1.807) is 11.3 Å². The number of hydrogen-bond donors (Lipinski definition) is 0. The summed E-state index contributed by atoms with van der Waals surface area (Å²) in [5.41, 5.74) is 1.10. The summed E-state index contributed by atoms with van der Waals surface area (Å²) in [7, 11) is 0. The van der Waals surface area contributed by atoms with Gasteiger partial charge in [0.05, 0.1) is 16.1 Å². The van der Waals surface area contributed by atoms with Gasteiger partial charge in [-0.2, -0.15) is 0 Å². The van der Waals surface area contributed by atoms with E-state index >= 15 is 0 Å². The van der Waals surface area contributed by atoms with Crippen molar-refractivity contribution in [2.75, 3.05) is 0 Å². The molecule has 0 spiro atoms. The van der Waals surface area contributed by atoms with E-state index in [1.807, 2.05) is 22.7 Å². The zero-order chi connectivity index (χ0) is 13.4. The third kappa shape index (κ3) is 2.10. The number of nitrogens with zero attached hydrogens (tertiary/aromatic N) is 1. The largest absolute Gasteiger partial charge is 0.240 e. The van der Waals surface area contributed by atoms with Gasteiger partial charge in [-0.15, -0.1) is 34.0 Å². The molecular weight excluding hydrogens is 302 g/mol. The molecule has 0 aliphatic carbocycles. The van der Waals surface area contributed by atoms with Crippen molar-refractivity contribution in [1.29, 1.82) is 0 Å². The van der Waals surface area contributed by atoms with Crippen molar-refractivity contribution in [2.24, 2.45) is 0 Å². The number of rotatable bonds is 3. The molecule has 4 aromatic rings. The summed E-state index contributed by atoms with van der Waals surface area (Å²) >= 11 is 5.42. The van der Waals surface area contributed by atoms with Crippen LogP contribution >= 0.6 is 34.0 Å². The first-order valence-corrected chi connectivity index (χ1v) is 8.91. The lowest BCUT2D eigenvalue weighted by molar-refractivity contribution is 1.02. The van der Waals surface area contributed by atoms with Crippen LogP contribution in [0.25, 0.3) is 10.2 Å². The Labute approximate surface area is 129 Å². The fraction of sp³-hybridized carbons (Fsp3) is 0.0625. The lowest BCUT2D eigenvalue weighted by Crippen LogP contribution is -1.97. The third-order valence-electron chi connectivity index (χ3n) is 3.21. The topological polar surface area (TPSA) is 12.9 Å². The Morgan fingerprint density at radius 2 is 1.50 bits per heavy atom. The zero-order valence-electron chi connectivity index (χ0n) is 10.5. The fourth-order valence-corrected chi connectivity index (χ4v) is 5.33. The van der Waals surface area contributed by atoms with Gasteiger partial charge in [-0.1, -0.05) is 24.3 Å². The van der Waals surface area contributed by atoms with Crippen LogP contribution in [0, 0.1) is 0 Å². The van der Waals surface area contributed by atoms with Crippen molar-refractivity contribution in [3.63, 3.8) is 0 Å². The van der Waals surface area contributed by atoms with Gasteiger partial charge in [0.15, 0.2) is 0 Å². The quantitative estimate of drug-likeness (QED) is 0.480. The molecule has 0 radical (unpaired) electrons. The first-order valence-electron chi connectivity index (χ1n) is 6.34. The van der Waals surface area contributed by atoms with Gasteiger partial charge in [-0.25, -0.2) is 4.98 Å². The number of hydrogen-bond acceptors (Lipinski definition) is 4. The minimum Gasteiger partial charge on any atom is -0.240 e. The second-order valence-electron chi connectivity index (χ2n) is 4.48. The van der Waals surface area contributed by atoms with E-state index in [2.05, 4.69) is 59.3 Å². The number of aromatic nitrogens is 1. The second-order valence-corrected chi connectivity index (χ2v) is 7.50. The summed E-state index contributed by atoms with van der Waals surface area (Å²) in [6.07, 6.45) is 0. The van der Waals surface area contributed by atoms with Gasteiger partial charge in [0.25, 0.3) is 0 Å². The highest BCUT2D eigenvalue weighted by molar-refractivity contribution is 7.19. The van der Waals surface area contributed by atoms with Crippen LogP contribution in [0.1, 0.15) is 20.7 Å². The zero-order valence-corrected chi connectivity index (χ0v) is 13.0. The molecule has 1 nitrogen and oxygen atoms in total. The summed E-state index contributed by atoms with van der Waals surface area (Å²) in [5.74, 6) is 0.285. The Kier molecular flexibility index (Phi) is 3.14. The summed E-state index contributed by atoms with van der Waals surface area (Å²) in [6.45, 7) is 0. The molecule has 1 aromatic carbocycles. The predicted molar refractivity (Wildman–Crippen MR) is 89.2 cm³/mol. The van der Waals surface area contributed by atoms with Gasteiger partial charge in [-0.3, -0.25) is 0 Å². The van der Waals surface area contributed by atoms with Crippen LogP contribution in [0.4, 0.5) is 0 Å². The van der Waals surface area contributed by atoms with Crippen LogP contribution in [0.2, 0.25) is 0 Å². The van der Waals surface area contributed by atoms with Crippen LogP contribution in [0.5, 0.6) is 0 Å². The molecule has 4 heteroatoms. The fourth-order valence-electron chi connectivity index (χ4n) is 2.31. The minimum atomic E-state index is 0.285. The van der Waals surface area contributed by atoms with E-state index in [0.29, 0.717) is 0 Å². The van der Waals surface area contributed by atoms with Crippen molar-refractivity contribution in [3.05, 3.63) is 74.1 Å². The van der Waals surface area contributed by atoms with Gasteiger partial charge in [0.1, 0.15) is 5.01 Å². The summed E-state index contributed by atoms with van der Waals surface area (Å²) < 4.78 is 1.26. The van der Waals surface area contributed by atoms with Crippen LogP contribution in [-0.4, -0.2) is 4.98 Å². The maximum absolute atomic E-state index is 4.86. The van der Waals surface area contributed by atoms with E-state index in [9.17, 15) is 0 Å². The standard InChI is InChI=1S/C16H11NS3/c1-2-6-12-11(5-1)17-16(20-12)15(13-7-3-9-18-13)14-8-4-10-19-14/h1-10,15H. The Hall–Kier alpha value is -1.49. The molecule has 0 unspecified atom stereocenters. The van der Waals surface area contributed by atoms with Crippen LogP contribution in [0.3, 0.4) is 0 Å². The molecule has 20 heavy (non-hydrogen) atoms. The molecule has 3 heterocycles. The Morgan fingerprint density at radius 3 is 2.10 bits per heavy atom. The van der Waals surface area contributed by atoms with E-state index in [-0.39, 0.29) is 5.92 Å². The molecule has 0 aliphatic heterocycles. The number of benzene rings is 1. The highest BCUT2D eigenvalue weighted by Crippen LogP contribution is 2.39. The summed E-state index contributed by atoms with van der Waals surface area (Å²) in [5, 5.41) is 5.48. The van der Waals surface area contributed by atoms with Crippen molar-refractivity contribution < 1.29 is 0 Å². The molecular formula is C16H11NS3. The predicted octanol–water partition coefficient (Wildman–Crippen LogP) is 5.60. The van der Waals surface area contributed by atoms with Gasteiger partial charge in [0.2, 0.25) is 0 Å². The Morgan fingerprint density at radius 1 is 0.800 bits per heavy atom. The van der Waals surface area contributed by atoms with Crippen molar-refractivity contribution in [1.82, 2.24) is 4.98 Å². The van der Waals surface area contributed by atoms with Crippen LogP contribution in [0.15, 0.2) is 59.3 Å². The number of thiophene rings is 2. The second kappa shape index (κ2) is 5.13. The molecule has 0 N–H and O–H groups in total. The monoisotopic (exact) mass is 313 g/mol. The Bertz CT molecular complexity index is 745. The van der Waals surface area contributed by atoms with Crippen molar-refractivity contribution in [2.45, 2.75) is 5.92 Å². The highest BCUT2D eigenvalue weighted by Gasteiger charge is 2.22. The van der Waals surface area contributed by atoms with Gasteiger partial charge in [0, 0.05) is 9.75 Å². The molecule has 0 atom stereocenters. The van der Waals surface area contributed by atoms with E-state index < -0.39 is 0 Å². The van der Waals surface area contributed by atoms with Crippen molar-refractivity contribution in [3.8, 4) is 0 Å². The first-order chi connectivity index (χ1) is 9.92. The molecule has 0 saturated heterocycles. The molecule has 3 aromatic heterocycles. The van der Waals surface area contributed by atoms with Crippen molar-refractivity contribution >= 4 is 44.2 Å². The van der Waals surface area contributed by atoms with Crippen LogP contribution < -0.4 is 0 Å². The number of fused-ring (bicyclic) bond motifs is 1. The average Bonchev–Trinajstić information content (AvgIpc) is 3.21. The normalized spacial score (nSPS) is 11.4. The minimum absolute atomic E-state index is 0.285. The lowest BCUT2D eigenvalue weighted by Gasteiger charge is -2.10. The molecule has 0 saturated carbocycles. The van der Waals surface area contributed by atoms with Gasteiger partial charge in [-0.05, 0) is 35.0 Å². The lowest BCUT2D eigenvalue weighted by atomic mass is 10.1. The molecule has 0 aliphatic rings. The molecule has 0 bridgehead atoms. The smallest absolute Gasteiger partial charge is 0.107 e. The molecule has 98 valence electrons. The van der Waals surface area contributed by atoms with E-state index in [0.717, 1.165) is 5.52 Å². The van der Waals surface area contributed by atoms with Gasteiger partial charge < -0.3 is 0 Å². The third-order valence-corrected chi connectivity index (χ3v) is 6.19. The highest BCUT2D eigenvalue weighted by atomic mass is 32.1. The molecule has 0 fully saturated rings. The average molecular weight is 313 g/mol. The summed E-state index contributed by atoms with van der Waals surface area (Å²) in [6, 6.07) is 17.0. The SMILES string of the molecule is c1csc(C(c2cccs2)c2nc3ccccc3s2)c1. The van der Waals surface area contributed by atoms with Gasteiger partial charge >= 0.3 is 0 Å².